The Bertz CT molecular complexity index is 607. The van der Waals surface area contributed by atoms with Crippen LogP contribution in [-0.2, 0) is 6.54 Å². The first kappa shape index (κ1) is 12.8. The van der Waals surface area contributed by atoms with E-state index in [4.69, 9.17) is 5.26 Å². The van der Waals surface area contributed by atoms with Gasteiger partial charge in [-0.15, -0.1) is 0 Å². The third-order valence-corrected chi connectivity index (χ3v) is 3.29. The molecule has 0 atom stereocenters. The first-order valence-corrected chi connectivity index (χ1v) is 6.31. The quantitative estimate of drug-likeness (QED) is 0.862. The van der Waals surface area contributed by atoms with Gasteiger partial charge in [-0.1, -0.05) is 6.07 Å². The highest BCUT2D eigenvalue weighted by Gasteiger charge is 2.04. The average molecular weight is 353 g/mol. The maximum atomic E-state index is 12.9. The highest BCUT2D eigenvalue weighted by molar-refractivity contribution is 14.1. The van der Waals surface area contributed by atoms with Gasteiger partial charge in [0.2, 0.25) is 0 Å². The van der Waals surface area contributed by atoms with Crippen molar-refractivity contribution in [2.75, 3.05) is 5.32 Å². The van der Waals surface area contributed by atoms with Gasteiger partial charge < -0.3 is 5.32 Å². The summed E-state index contributed by atoms with van der Waals surface area (Å²) in [4.78, 5) is 3.98. The minimum absolute atomic E-state index is 0.260. The van der Waals surface area contributed by atoms with Crippen LogP contribution in [0.2, 0.25) is 0 Å². The van der Waals surface area contributed by atoms with Crippen LogP contribution in [0.15, 0.2) is 36.5 Å². The third kappa shape index (κ3) is 2.96. The molecule has 0 saturated carbocycles. The number of hydrogen-bond acceptors (Lipinski definition) is 3. The van der Waals surface area contributed by atoms with Crippen molar-refractivity contribution in [1.29, 1.82) is 5.26 Å². The molecule has 0 unspecified atom stereocenters. The lowest BCUT2D eigenvalue weighted by molar-refractivity contribution is 0.627. The van der Waals surface area contributed by atoms with Crippen LogP contribution in [0.4, 0.5) is 10.1 Å². The molecular weight excluding hydrogens is 344 g/mol. The van der Waals surface area contributed by atoms with Crippen molar-refractivity contribution < 1.29 is 4.39 Å². The highest BCUT2D eigenvalue weighted by Crippen LogP contribution is 2.20. The Morgan fingerprint density at radius 1 is 1.39 bits per heavy atom. The molecule has 0 amide bonds. The Labute approximate surface area is 118 Å². The number of benzene rings is 1. The van der Waals surface area contributed by atoms with E-state index in [1.165, 1.54) is 12.1 Å². The molecule has 1 aromatic carbocycles. The average Bonchev–Trinajstić information content (AvgIpc) is 2.38. The van der Waals surface area contributed by atoms with Gasteiger partial charge in [-0.05, 0) is 46.9 Å². The lowest BCUT2D eigenvalue weighted by Gasteiger charge is -2.09. The molecule has 2 rings (SSSR count). The summed E-state index contributed by atoms with van der Waals surface area (Å²) in [5.41, 5.74) is 2.06. The Hall–Kier alpha value is -1.68. The van der Waals surface area contributed by atoms with Gasteiger partial charge in [0.1, 0.15) is 17.6 Å². The third-order valence-electron chi connectivity index (χ3n) is 2.40. The van der Waals surface area contributed by atoms with E-state index in [1.54, 1.807) is 18.3 Å². The predicted molar refractivity (Wildman–Crippen MR) is 75.4 cm³/mol. The Morgan fingerprint density at radius 2 is 2.22 bits per heavy atom. The van der Waals surface area contributed by atoms with E-state index < -0.39 is 0 Å². The number of halogens is 2. The Kier molecular flexibility index (Phi) is 4.10. The molecule has 0 fully saturated rings. The standard InChI is InChI=1S/C13H9FIN3/c14-10-3-4-12(11(15)6-10)18-8-9-2-1-5-17-13(9)7-16/h1-6,18H,8H2. The minimum atomic E-state index is -0.260. The van der Waals surface area contributed by atoms with Gasteiger partial charge in [-0.25, -0.2) is 9.37 Å². The molecule has 18 heavy (non-hydrogen) atoms. The number of rotatable bonds is 3. The molecule has 0 aliphatic heterocycles. The SMILES string of the molecule is N#Cc1ncccc1CNc1ccc(F)cc1I. The van der Waals surface area contributed by atoms with Crippen molar-refractivity contribution in [2.24, 2.45) is 0 Å². The molecule has 0 aliphatic carbocycles. The molecule has 0 radical (unpaired) electrons. The number of nitrogens with one attached hydrogen (secondary N) is 1. The minimum Gasteiger partial charge on any atom is -0.380 e. The maximum absolute atomic E-state index is 12.9. The van der Waals surface area contributed by atoms with Crippen LogP contribution in [0, 0.1) is 20.7 Å². The normalized spacial score (nSPS) is 9.83. The zero-order chi connectivity index (χ0) is 13.0. The van der Waals surface area contributed by atoms with Crippen LogP contribution < -0.4 is 5.32 Å². The fraction of sp³-hybridized carbons (Fsp3) is 0.0769. The summed E-state index contributed by atoms with van der Waals surface area (Å²) in [6, 6.07) is 10.2. The summed E-state index contributed by atoms with van der Waals surface area (Å²) in [5, 5.41) is 12.1. The van der Waals surface area contributed by atoms with Crippen LogP contribution in [0.25, 0.3) is 0 Å². The van der Waals surface area contributed by atoms with Crippen LogP contribution in [-0.4, -0.2) is 4.98 Å². The number of nitrogens with zero attached hydrogens (tertiary/aromatic N) is 2. The van der Waals surface area contributed by atoms with Gasteiger partial charge in [-0.2, -0.15) is 5.26 Å². The van der Waals surface area contributed by atoms with Crippen LogP contribution in [0.1, 0.15) is 11.3 Å². The molecule has 3 nitrogen and oxygen atoms in total. The van der Waals surface area contributed by atoms with E-state index in [-0.39, 0.29) is 5.82 Å². The van der Waals surface area contributed by atoms with Crippen molar-refractivity contribution in [2.45, 2.75) is 6.54 Å². The summed E-state index contributed by atoms with van der Waals surface area (Å²) < 4.78 is 13.7. The van der Waals surface area contributed by atoms with Gasteiger partial charge >= 0.3 is 0 Å². The van der Waals surface area contributed by atoms with Gasteiger partial charge in [0.25, 0.3) is 0 Å². The molecule has 0 aliphatic rings. The summed E-state index contributed by atoms with van der Waals surface area (Å²) in [7, 11) is 0. The molecule has 1 aromatic heterocycles. The van der Waals surface area contributed by atoms with Crippen LogP contribution in [0.3, 0.4) is 0 Å². The molecule has 2 aromatic rings. The Balaban J connectivity index is 2.14. The lowest BCUT2D eigenvalue weighted by atomic mass is 10.2. The van der Waals surface area contributed by atoms with E-state index in [9.17, 15) is 4.39 Å². The van der Waals surface area contributed by atoms with Crippen LogP contribution in [0.5, 0.6) is 0 Å². The monoisotopic (exact) mass is 353 g/mol. The molecular formula is C13H9FIN3. The Morgan fingerprint density at radius 3 is 2.94 bits per heavy atom. The predicted octanol–water partition coefficient (Wildman–Crippen LogP) is 3.31. The van der Waals surface area contributed by atoms with Crippen LogP contribution >= 0.6 is 22.6 Å². The number of hydrogen-bond donors (Lipinski definition) is 1. The molecule has 0 spiro atoms. The van der Waals surface area contributed by atoms with Crippen molar-refractivity contribution >= 4 is 28.3 Å². The molecule has 90 valence electrons. The topological polar surface area (TPSA) is 48.7 Å². The first-order valence-electron chi connectivity index (χ1n) is 5.23. The maximum Gasteiger partial charge on any atom is 0.145 e. The van der Waals surface area contributed by atoms with Gasteiger partial charge in [0.15, 0.2) is 0 Å². The second-order valence-corrected chi connectivity index (χ2v) is 4.76. The summed E-state index contributed by atoms with van der Waals surface area (Å²) in [5.74, 6) is -0.260. The fourth-order valence-corrected chi connectivity index (χ4v) is 2.17. The van der Waals surface area contributed by atoms with E-state index in [1.807, 2.05) is 12.1 Å². The first-order chi connectivity index (χ1) is 8.70. The van der Waals surface area contributed by atoms with Crippen molar-refractivity contribution in [1.82, 2.24) is 4.98 Å². The zero-order valence-electron chi connectivity index (χ0n) is 9.32. The number of anilines is 1. The van der Waals surface area contributed by atoms with Crippen molar-refractivity contribution in [3.8, 4) is 6.07 Å². The molecule has 1 N–H and O–H groups in total. The van der Waals surface area contributed by atoms with E-state index in [2.05, 4.69) is 32.9 Å². The zero-order valence-corrected chi connectivity index (χ0v) is 11.5. The highest BCUT2D eigenvalue weighted by atomic mass is 127. The summed E-state index contributed by atoms with van der Waals surface area (Å²) in [6.45, 7) is 0.484. The molecule has 0 bridgehead atoms. The van der Waals surface area contributed by atoms with Gasteiger partial charge in [0.05, 0.1) is 0 Å². The van der Waals surface area contributed by atoms with E-state index in [0.717, 1.165) is 14.8 Å². The molecule has 1 heterocycles. The molecule has 5 heteroatoms. The van der Waals surface area contributed by atoms with Crippen molar-refractivity contribution in [3.63, 3.8) is 0 Å². The van der Waals surface area contributed by atoms with E-state index in [0.29, 0.717) is 12.2 Å². The number of nitriles is 1. The smallest absolute Gasteiger partial charge is 0.145 e. The summed E-state index contributed by atoms with van der Waals surface area (Å²) in [6.07, 6.45) is 1.59. The van der Waals surface area contributed by atoms with Crippen molar-refractivity contribution in [3.05, 3.63) is 57.2 Å². The van der Waals surface area contributed by atoms with Gasteiger partial charge in [0, 0.05) is 27.6 Å². The van der Waals surface area contributed by atoms with E-state index >= 15 is 0 Å². The van der Waals surface area contributed by atoms with Gasteiger partial charge in [-0.3, -0.25) is 0 Å². The fourth-order valence-electron chi connectivity index (χ4n) is 1.51. The second-order valence-electron chi connectivity index (χ2n) is 3.60. The largest absolute Gasteiger partial charge is 0.380 e. The number of aromatic nitrogens is 1. The lowest BCUT2D eigenvalue weighted by Crippen LogP contribution is -2.04. The summed E-state index contributed by atoms with van der Waals surface area (Å²) >= 11 is 2.06. The second kappa shape index (κ2) is 5.78. The molecule has 0 saturated heterocycles. The number of pyridine rings is 1.